The maximum Gasteiger partial charge on any atom is 0.132 e. The van der Waals surface area contributed by atoms with Crippen LogP contribution in [0, 0.1) is 6.92 Å². The Kier molecular flexibility index (Phi) is 4.15. The molecule has 0 saturated heterocycles. The quantitative estimate of drug-likeness (QED) is 0.906. The van der Waals surface area contributed by atoms with Crippen molar-refractivity contribution in [2.45, 2.75) is 20.3 Å². The second kappa shape index (κ2) is 5.83. The Hall–Kier alpha value is -1.61. The van der Waals surface area contributed by atoms with E-state index in [1.54, 1.807) is 6.33 Å². The van der Waals surface area contributed by atoms with Gasteiger partial charge >= 0.3 is 0 Å². The van der Waals surface area contributed by atoms with Crippen molar-refractivity contribution in [3.8, 4) is 11.3 Å². The Bertz CT molecular complexity index is 523. The summed E-state index contributed by atoms with van der Waals surface area (Å²) in [4.78, 5) is 8.62. The fourth-order valence-electron chi connectivity index (χ4n) is 1.77. The highest BCUT2D eigenvalue weighted by molar-refractivity contribution is 6.30. The number of anilines is 1. The van der Waals surface area contributed by atoms with Crippen molar-refractivity contribution in [2.75, 3.05) is 11.9 Å². The van der Waals surface area contributed by atoms with E-state index in [4.69, 9.17) is 11.6 Å². The molecule has 0 spiro atoms. The van der Waals surface area contributed by atoms with Crippen molar-refractivity contribution < 1.29 is 0 Å². The van der Waals surface area contributed by atoms with Gasteiger partial charge in [0.15, 0.2) is 0 Å². The molecule has 4 heteroatoms. The van der Waals surface area contributed by atoms with Crippen LogP contribution >= 0.6 is 11.6 Å². The van der Waals surface area contributed by atoms with Crippen molar-refractivity contribution >= 4 is 17.4 Å². The van der Waals surface area contributed by atoms with Crippen LogP contribution in [0.25, 0.3) is 11.3 Å². The van der Waals surface area contributed by atoms with Crippen molar-refractivity contribution in [2.24, 2.45) is 0 Å². The van der Waals surface area contributed by atoms with Crippen LogP contribution in [0.4, 0.5) is 5.82 Å². The Balaban J connectivity index is 2.36. The van der Waals surface area contributed by atoms with Gasteiger partial charge in [-0.2, -0.15) is 0 Å². The summed E-state index contributed by atoms with van der Waals surface area (Å²) in [6.07, 6.45) is 2.66. The standard InChI is InChI=1S/C14H16ClN3/c1-3-8-16-14-10(2)13(17-9-18-14)11-4-6-12(15)7-5-11/h4-7,9H,3,8H2,1-2H3,(H,16,17,18). The molecule has 94 valence electrons. The molecule has 0 fully saturated rings. The van der Waals surface area contributed by atoms with Crippen molar-refractivity contribution in [3.05, 3.63) is 41.2 Å². The summed E-state index contributed by atoms with van der Waals surface area (Å²) >= 11 is 5.89. The molecule has 0 aliphatic carbocycles. The molecule has 2 aromatic rings. The number of rotatable bonds is 4. The molecule has 1 heterocycles. The van der Waals surface area contributed by atoms with Crippen LogP contribution in [0.3, 0.4) is 0 Å². The summed E-state index contributed by atoms with van der Waals surface area (Å²) in [5, 5.41) is 4.04. The average molecular weight is 262 g/mol. The highest BCUT2D eigenvalue weighted by atomic mass is 35.5. The summed E-state index contributed by atoms with van der Waals surface area (Å²) in [5.74, 6) is 0.900. The Labute approximate surface area is 112 Å². The number of nitrogens with one attached hydrogen (secondary N) is 1. The first kappa shape index (κ1) is 12.8. The van der Waals surface area contributed by atoms with Gasteiger partial charge in [0.05, 0.1) is 5.69 Å². The molecular formula is C14H16ClN3. The van der Waals surface area contributed by atoms with Gasteiger partial charge < -0.3 is 5.32 Å². The molecule has 2 rings (SSSR count). The molecule has 0 saturated carbocycles. The van der Waals surface area contributed by atoms with Crippen LogP contribution in [0.1, 0.15) is 18.9 Å². The van der Waals surface area contributed by atoms with Crippen LogP contribution in [0.5, 0.6) is 0 Å². The summed E-state index contributed by atoms with van der Waals surface area (Å²) in [5.41, 5.74) is 3.06. The number of benzene rings is 1. The van der Waals surface area contributed by atoms with E-state index in [1.165, 1.54) is 0 Å². The van der Waals surface area contributed by atoms with Gasteiger partial charge in [0.2, 0.25) is 0 Å². The predicted molar refractivity (Wildman–Crippen MR) is 76.0 cm³/mol. The number of halogens is 1. The molecule has 0 amide bonds. The molecular weight excluding hydrogens is 246 g/mol. The molecule has 0 aliphatic heterocycles. The first-order valence-corrected chi connectivity index (χ1v) is 6.41. The van der Waals surface area contributed by atoms with Crippen molar-refractivity contribution in [1.29, 1.82) is 0 Å². The molecule has 0 unspecified atom stereocenters. The van der Waals surface area contributed by atoms with Crippen LogP contribution in [-0.4, -0.2) is 16.5 Å². The second-order valence-electron chi connectivity index (χ2n) is 4.13. The molecule has 3 nitrogen and oxygen atoms in total. The third kappa shape index (κ3) is 2.79. The zero-order chi connectivity index (χ0) is 13.0. The van der Waals surface area contributed by atoms with E-state index >= 15 is 0 Å². The number of hydrogen-bond donors (Lipinski definition) is 1. The zero-order valence-electron chi connectivity index (χ0n) is 10.6. The van der Waals surface area contributed by atoms with Crippen LogP contribution in [0.2, 0.25) is 5.02 Å². The van der Waals surface area contributed by atoms with E-state index in [9.17, 15) is 0 Å². The van der Waals surface area contributed by atoms with E-state index in [0.717, 1.165) is 40.6 Å². The molecule has 0 atom stereocenters. The largest absolute Gasteiger partial charge is 0.370 e. The summed E-state index contributed by atoms with van der Waals surface area (Å²) in [7, 11) is 0. The summed E-state index contributed by atoms with van der Waals surface area (Å²) in [6, 6.07) is 7.69. The van der Waals surface area contributed by atoms with Crippen molar-refractivity contribution in [3.63, 3.8) is 0 Å². The number of hydrogen-bond acceptors (Lipinski definition) is 3. The van der Waals surface area contributed by atoms with Crippen LogP contribution < -0.4 is 5.32 Å². The maximum atomic E-state index is 5.89. The van der Waals surface area contributed by atoms with Gasteiger partial charge in [0.1, 0.15) is 12.1 Å². The molecule has 1 aromatic carbocycles. The lowest BCUT2D eigenvalue weighted by Gasteiger charge is -2.10. The lowest BCUT2D eigenvalue weighted by atomic mass is 10.1. The Morgan fingerprint density at radius 3 is 2.56 bits per heavy atom. The van der Waals surface area contributed by atoms with Gasteiger partial charge in [-0.3, -0.25) is 0 Å². The zero-order valence-corrected chi connectivity index (χ0v) is 11.3. The first-order valence-electron chi connectivity index (χ1n) is 6.03. The van der Waals surface area contributed by atoms with Crippen LogP contribution in [0.15, 0.2) is 30.6 Å². The lowest BCUT2D eigenvalue weighted by molar-refractivity contribution is 0.960. The molecule has 1 aromatic heterocycles. The van der Waals surface area contributed by atoms with Crippen molar-refractivity contribution in [1.82, 2.24) is 9.97 Å². The molecule has 0 bridgehead atoms. The fourth-order valence-corrected chi connectivity index (χ4v) is 1.90. The van der Waals surface area contributed by atoms with E-state index in [2.05, 4.69) is 22.2 Å². The predicted octanol–water partition coefficient (Wildman–Crippen LogP) is 3.93. The lowest BCUT2D eigenvalue weighted by Crippen LogP contribution is -2.05. The Morgan fingerprint density at radius 1 is 1.17 bits per heavy atom. The third-order valence-corrected chi connectivity index (χ3v) is 3.00. The minimum absolute atomic E-state index is 0.731. The highest BCUT2D eigenvalue weighted by Crippen LogP contribution is 2.25. The van der Waals surface area contributed by atoms with Gasteiger partial charge in [0.25, 0.3) is 0 Å². The van der Waals surface area contributed by atoms with Gasteiger partial charge in [-0.25, -0.2) is 9.97 Å². The molecule has 0 aliphatic rings. The summed E-state index contributed by atoms with van der Waals surface area (Å²) < 4.78 is 0. The van der Waals surface area contributed by atoms with Gasteiger partial charge in [-0.1, -0.05) is 30.7 Å². The second-order valence-corrected chi connectivity index (χ2v) is 4.57. The summed E-state index contributed by atoms with van der Waals surface area (Å²) in [6.45, 7) is 5.07. The normalized spacial score (nSPS) is 10.4. The third-order valence-electron chi connectivity index (χ3n) is 2.74. The smallest absolute Gasteiger partial charge is 0.132 e. The first-order chi connectivity index (χ1) is 8.72. The fraction of sp³-hybridized carbons (Fsp3) is 0.286. The molecule has 0 radical (unpaired) electrons. The SMILES string of the molecule is CCCNc1ncnc(-c2ccc(Cl)cc2)c1C. The van der Waals surface area contributed by atoms with Crippen LogP contribution in [-0.2, 0) is 0 Å². The van der Waals surface area contributed by atoms with E-state index in [-0.39, 0.29) is 0 Å². The van der Waals surface area contributed by atoms with Gasteiger partial charge in [0, 0.05) is 22.7 Å². The number of nitrogens with zero attached hydrogens (tertiary/aromatic N) is 2. The van der Waals surface area contributed by atoms with Gasteiger partial charge in [-0.15, -0.1) is 0 Å². The minimum atomic E-state index is 0.731. The average Bonchev–Trinajstić information content (AvgIpc) is 2.39. The van der Waals surface area contributed by atoms with E-state index < -0.39 is 0 Å². The van der Waals surface area contributed by atoms with Gasteiger partial charge in [-0.05, 0) is 25.5 Å². The number of aromatic nitrogens is 2. The maximum absolute atomic E-state index is 5.89. The highest BCUT2D eigenvalue weighted by Gasteiger charge is 2.08. The molecule has 1 N–H and O–H groups in total. The molecule has 18 heavy (non-hydrogen) atoms. The monoisotopic (exact) mass is 261 g/mol. The Morgan fingerprint density at radius 2 is 1.89 bits per heavy atom. The van der Waals surface area contributed by atoms with E-state index in [1.807, 2.05) is 31.2 Å². The minimum Gasteiger partial charge on any atom is -0.370 e. The van der Waals surface area contributed by atoms with E-state index in [0.29, 0.717) is 0 Å². The topological polar surface area (TPSA) is 37.8 Å².